The number of carbonyl (C=O) groups excluding carboxylic acids is 1. The van der Waals surface area contributed by atoms with Crippen LogP contribution in [0.25, 0.3) is 11.3 Å². The molecule has 2 atom stereocenters. The SMILES string of the molecule is CCC(C)[C@]1(CN(CC)C(=O)Cc2ccon2)CCCc2cc(-c3c(F)cccc3F)nnc21. The largest absolute Gasteiger partial charge is 0.364 e. The van der Waals surface area contributed by atoms with Crippen molar-refractivity contribution in [3.8, 4) is 11.3 Å². The summed E-state index contributed by atoms with van der Waals surface area (Å²) in [6, 6.07) is 7.25. The molecular weight excluding hydrogens is 438 g/mol. The Bertz CT molecular complexity index is 1130. The van der Waals surface area contributed by atoms with Crippen molar-refractivity contribution in [3.05, 3.63) is 65.2 Å². The first-order valence-corrected chi connectivity index (χ1v) is 11.9. The lowest BCUT2D eigenvalue weighted by atomic mass is 9.64. The van der Waals surface area contributed by atoms with Crippen LogP contribution in [0.15, 0.2) is 41.1 Å². The van der Waals surface area contributed by atoms with E-state index in [1.165, 1.54) is 24.5 Å². The van der Waals surface area contributed by atoms with Gasteiger partial charge in [0.15, 0.2) is 0 Å². The van der Waals surface area contributed by atoms with Crippen molar-refractivity contribution in [2.75, 3.05) is 13.1 Å². The van der Waals surface area contributed by atoms with Crippen LogP contribution in [0.2, 0.25) is 0 Å². The Hall–Kier alpha value is -3.16. The van der Waals surface area contributed by atoms with Gasteiger partial charge in [-0.25, -0.2) is 8.78 Å². The van der Waals surface area contributed by atoms with Crippen LogP contribution in [0.5, 0.6) is 0 Å². The number of carbonyl (C=O) groups is 1. The van der Waals surface area contributed by atoms with Crippen molar-refractivity contribution < 1.29 is 18.1 Å². The zero-order chi connectivity index (χ0) is 24.3. The van der Waals surface area contributed by atoms with E-state index in [9.17, 15) is 13.6 Å². The molecule has 34 heavy (non-hydrogen) atoms. The third-order valence-corrected chi connectivity index (χ3v) is 7.22. The Morgan fingerprint density at radius 3 is 2.62 bits per heavy atom. The Morgan fingerprint density at radius 2 is 1.97 bits per heavy atom. The zero-order valence-corrected chi connectivity index (χ0v) is 19.9. The zero-order valence-electron chi connectivity index (χ0n) is 19.9. The highest BCUT2D eigenvalue weighted by molar-refractivity contribution is 5.78. The van der Waals surface area contributed by atoms with E-state index in [2.05, 4.69) is 29.2 Å². The molecule has 0 aliphatic heterocycles. The molecule has 6 nitrogen and oxygen atoms in total. The van der Waals surface area contributed by atoms with Gasteiger partial charge in [-0.05, 0) is 55.9 Å². The van der Waals surface area contributed by atoms with Gasteiger partial charge in [-0.15, -0.1) is 0 Å². The quantitative estimate of drug-likeness (QED) is 0.459. The maximum atomic E-state index is 14.4. The fourth-order valence-corrected chi connectivity index (χ4v) is 5.11. The fraction of sp³-hybridized carbons (Fsp3) is 0.462. The first kappa shape index (κ1) is 24.0. The van der Waals surface area contributed by atoms with Crippen molar-refractivity contribution in [3.63, 3.8) is 0 Å². The summed E-state index contributed by atoms with van der Waals surface area (Å²) < 4.78 is 33.7. The highest BCUT2D eigenvalue weighted by Crippen LogP contribution is 2.44. The van der Waals surface area contributed by atoms with E-state index in [-0.39, 0.29) is 29.5 Å². The summed E-state index contributed by atoms with van der Waals surface area (Å²) in [6.45, 7) is 7.33. The van der Waals surface area contributed by atoms with Crippen LogP contribution in [-0.4, -0.2) is 39.3 Å². The van der Waals surface area contributed by atoms with E-state index in [1.54, 1.807) is 12.1 Å². The predicted octanol–water partition coefficient (Wildman–Crippen LogP) is 5.12. The minimum absolute atomic E-state index is 0.0239. The Morgan fingerprint density at radius 1 is 1.21 bits per heavy atom. The minimum Gasteiger partial charge on any atom is -0.364 e. The van der Waals surface area contributed by atoms with Gasteiger partial charge >= 0.3 is 0 Å². The molecule has 1 aliphatic carbocycles. The number of amides is 1. The van der Waals surface area contributed by atoms with Gasteiger partial charge in [0.05, 0.1) is 29.1 Å². The first-order chi connectivity index (χ1) is 16.4. The number of nitrogens with zero attached hydrogens (tertiary/aromatic N) is 4. The molecular formula is C26H30F2N4O2. The number of hydrogen-bond acceptors (Lipinski definition) is 5. The smallest absolute Gasteiger partial charge is 0.228 e. The first-order valence-electron chi connectivity index (χ1n) is 11.9. The topological polar surface area (TPSA) is 72.1 Å². The van der Waals surface area contributed by atoms with E-state index in [0.29, 0.717) is 18.8 Å². The number of hydrogen-bond donors (Lipinski definition) is 0. The molecule has 2 aromatic heterocycles. The van der Waals surface area contributed by atoms with Crippen LogP contribution in [-0.2, 0) is 23.1 Å². The van der Waals surface area contributed by atoms with Gasteiger partial charge in [-0.1, -0.05) is 31.5 Å². The Labute approximate surface area is 198 Å². The van der Waals surface area contributed by atoms with Crippen molar-refractivity contribution in [1.82, 2.24) is 20.3 Å². The maximum Gasteiger partial charge on any atom is 0.228 e. The molecule has 1 unspecified atom stereocenters. The third-order valence-electron chi connectivity index (χ3n) is 7.22. The molecule has 4 rings (SSSR count). The fourth-order valence-electron chi connectivity index (χ4n) is 5.11. The summed E-state index contributed by atoms with van der Waals surface area (Å²) in [6.07, 6.45) is 5.06. The van der Waals surface area contributed by atoms with E-state index in [1.807, 2.05) is 11.8 Å². The second-order valence-corrected chi connectivity index (χ2v) is 9.09. The minimum atomic E-state index is -0.658. The molecule has 0 radical (unpaired) electrons. The van der Waals surface area contributed by atoms with Crippen LogP contribution in [0.3, 0.4) is 0 Å². The van der Waals surface area contributed by atoms with Gasteiger partial charge in [-0.2, -0.15) is 10.2 Å². The molecule has 0 saturated carbocycles. The average Bonchev–Trinajstić information content (AvgIpc) is 3.34. The lowest BCUT2D eigenvalue weighted by Crippen LogP contribution is -2.50. The molecule has 8 heteroatoms. The Balaban J connectivity index is 1.72. The monoisotopic (exact) mass is 468 g/mol. The predicted molar refractivity (Wildman–Crippen MR) is 124 cm³/mol. The highest BCUT2D eigenvalue weighted by atomic mass is 19.1. The van der Waals surface area contributed by atoms with Gasteiger partial charge in [0, 0.05) is 24.6 Å². The molecule has 180 valence electrons. The summed E-state index contributed by atoms with van der Waals surface area (Å²) >= 11 is 0. The number of likely N-dealkylation sites (N-methyl/N-ethyl adjacent to an activating group) is 1. The van der Waals surface area contributed by atoms with Crippen LogP contribution in [0.4, 0.5) is 8.78 Å². The van der Waals surface area contributed by atoms with Crippen LogP contribution in [0, 0.1) is 17.6 Å². The summed E-state index contributed by atoms with van der Waals surface area (Å²) in [5.74, 6) is -1.11. The van der Waals surface area contributed by atoms with Gasteiger partial charge in [0.1, 0.15) is 17.9 Å². The van der Waals surface area contributed by atoms with Crippen LogP contribution in [0.1, 0.15) is 57.0 Å². The summed E-state index contributed by atoms with van der Waals surface area (Å²) in [7, 11) is 0. The van der Waals surface area contributed by atoms with Crippen LogP contribution < -0.4 is 0 Å². The molecule has 1 amide bonds. The van der Waals surface area contributed by atoms with Gasteiger partial charge in [-0.3, -0.25) is 4.79 Å². The van der Waals surface area contributed by atoms with Gasteiger partial charge in [0.25, 0.3) is 0 Å². The maximum absolute atomic E-state index is 14.4. The highest BCUT2D eigenvalue weighted by Gasteiger charge is 2.44. The molecule has 0 N–H and O–H groups in total. The third kappa shape index (κ3) is 4.45. The number of aryl methyl sites for hydroxylation is 1. The number of aromatic nitrogens is 3. The molecule has 0 fully saturated rings. The number of fused-ring (bicyclic) bond motifs is 1. The molecule has 1 aliphatic rings. The second-order valence-electron chi connectivity index (χ2n) is 9.09. The lowest BCUT2D eigenvalue weighted by molar-refractivity contribution is -0.131. The standard InChI is InChI=1S/C26H30F2N4O2/c1-4-17(3)26(16-32(5-2)23(33)15-19-11-13-34-31-19)12-7-8-18-14-22(29-30-25(18)26)24-20(27)9-6-10-21(24)28/h6,9-11,13-14,17H,4-5,7-8,12,15-16H2,1-3H3/t17?,26-/m1/s1. The number of benzene rings is 1. The molecule has 1 aromatic carbocycles. The summed E-state index contributed by atoms with van der Waals surface area (Å²) in [5, 5.41) is 12.7. The molecule has 3 aromatic rings. The number of halogens is 2. The van der Waals surface area contributed by atoms with E-state index >= 15 is 0 Å². The normalized spacial score (nSPS) is 18.4. The van der Waals surface area contributed by atoms with Gasteiger partial charge in [0.2, 0.25) is 5.91 Å². The molecule has 0 bridgehead atoms. The Kier molecular flexibility index (Phi) is 7.05. The van der Waals surface area contributed by atoms with Crippen molar-refractivity contribution in [2.24, 2.45) is 5.92 Å². The summed E-state index contributed by atoms with van der Waals surface area (Å²) in [5.41, 5.74) is 2.03. The number of rotatable bonds is 8. The van der Waals surface area contributed by atoms with E-state index in [0.717, 1.165) is 36.9 Å². The summed E-state index contributed by atoms with van der Waals surface area (Å²) in [4.78, 5) is 15.0. The van der Waals surface area contributed by atoms with Crippen molar-refractivity contribution in [1.29, 1.82) is 0 Å². The average molecular weight is 469 g/mol. The van der Waals surface area contributed by atoms with Crippen molar-refractivity contribution >= 4 is 5.91 Å². The molecule has 0 spiro atoms. The van der Waals surface area contributed by atoms with Crippen molar-refractivity contribution in [2.45, 2.75) is 58.3 Å². The molecule has 0 saturated heterocycles. The van der Waals surface area contributed by atoms with E-state index in [4.69, 9.17) is 4.52 Å². The van der Waals surface area contributed by atoms with Crippen LogP contribution >= 0.6 is 0 Å². The van der Waals surface area contributed by atoms with E-state index < -0.39 is 17.0 Å². The van der Waals surface area contributed by atoms with Gasteiger partial charge < -0.3 is 9.42 Å². The second kappa shape index (κ2) is 9.99. The lowest BCUT2D eigenvalue weighted by Gasteiger charge is -2.45. The molecule has 2 heterocycles.